The molecule has 1 nitrogen and oxygen atoms in total. The Hall–Kier alpha value is -0.830. The highest BCUT2D eigenvalue weighted by molar-refractivity contribution is 7.10. The predicted molar refractivity (Wildman–Crippen MR) is 85.4 cm³/mol. The number of thiophene rings is 1. The molecule has 0 saturated heterocycles. The number of rotatable bonds is 5. The van der Waals surface area contributed by atoms with Crippen molar-refractivity contribution in [2.75, 3.05) is 6.54 Å². The van der Waals surface area contributed by atoms with Gasteiger partial charge in [-0.25, -0.2) is 0 Å². The van der Waals surface area contributed by atoms with E-state index in [-0.39, 0.29) is 6.04 Å². The van der Waals surface area contributed by atoms with Crippen LogP contribution in [-0.4, -0.2) is 6.54 Å². The second kappa shape index (κ2) is 6.56. The fraction of sp³-hybridized carbons (Fsp3) is 0.375. The van der Waals surface area contributed by atoms with Gasteiger partial charge in [0.25, 0.3) is 0 Å². The monoisotopic (exact) mass is 293 g/mol. The topological polar surface area (TPSA) is 12.0 Å². The quantitative estimate of drug-likeness (QED) is 0.808. The van der Waals surface area contributed by atoms with E-state index in [1.54, 1.807) is 0 Å². The molecule has 0 amide bonds. The molecule has 1 atom stereocenters. The number of hydrogen-bond donors (Lipinski definition) is 1. The minimum Gasteiger partial charge on any atom is -0.306 e. The summed E-state index contributed by atoms with van der Waals surface area (Å²) in [6, 6.07) is 8.72. The van der Waals surface area contributed by atoms with Crippen molar-refractivity contribution in [3.8, 4) is 0 Å². The van der Waals surface area contributed by atoms with E-state index in [4.69, 9.17) is 11.6 Å². The molecule has 0 aliphatic rings. The van der Waals surface area contributed by atoms with Crippen LogP contribution in [0.5, 0.6) is 0 Å². The van der Waals surface area contributed by atoms with E-state index in [9.17, 15) is 0 Å². The smallest absolute Gasteiger partial charge is 0.0674 e. The Morgan fingerprint density at radius 2 is 2.05 bits per heavy atom. The summed E-state index contributed by atoms with van der Waals surface area (Å²) < 4.78 is 0. The highest BCUT2D eigenvalue weighted by atomic mass is 35.5. The average molecular weight is 294 g/mol. The number of benzene rings is 1. The Morgan fingerprint density at radius 3 is 2.63 bits per heavy atom. The Kier molecular flexibility index (Phi) is 5.03. The summed E-state index contributed by atoms with van der Waals surface area (Å²) in [5.41, 5.74) is 3.81. The lowest BCUT2D eigenvalue weighted by Crippen LogP contribution is -2.23. The molecule has 0 spiro atoms. The Labute approximate surface area is 124 Å². The summed E-state index contributed by atoms with van der Waals surface area (Å²) in [7, 11) is 0. The van der Waals surface area contributed by atoms with Crippen molar-refractivity contribution in [2.24, 2.45) is 0 Å². The lowest BCUT2D eigenvalue weighted by molar-refractivity contribution is 0.603. The molecule has 0 radical (unpaired) electrons. The highest BCUT2D eigenvalue weighted by Gasteiger charge is 2.17. The minimum absolute atomic E-state index is 0.248. The van der Waals surface area contributed by atoms with Crippen molar-refractivity contribution in [1.82, 2.24) is 5.32 Å². The van der Waals surface area contributed by atoms with Crippen molar-refractivity contribution < 1.29 is 0 Å². The number of aryl methyl sites for hydroxylation is 2. The predicted octanol–water partition coefficient (Wildman–Crippen LogP) is 5.11. The maximum Gasteiger partial charge on any atom is 0.0674 e. The van der Waals surface area contributed by atoms with Gasteiger partial charge in [0.1, 0.15) is 0 Å². The third-order valence-corrected chi connectivity index (χ3v) is 4.46. The molecule has 102 valence electrons. The first-order valence-electron chi connectivity index (χ1n) is 6.66. The second-order valence-corrected chi connectivity index (χ2v) is 6.30. The van der Waals surface area contributed by atoms with Crippen LogP contribution < -0.4 is 5.32 Å². The number of nitrogens with one attached hydrogen (secondary N) is 1. The van der Waals surface area contributed by atoms with E-state index in [1.165, 1.54) is 21.6 Å². The third kappa shape index (κ3) is 3.59. The molecule has 3 heteroatoms. The molecule has 1 unspecified atom stereocenters. The van der Waals surface area contributed by atoms with Gasteiger partial charge < -0.3 is 5.32 Å². The molecule has 1 aromatic heterocycles. The van der Waals surface area contributed by atoms with Crippen LogP contribution >= 0.6 is 22.9 Å². The van der Waals surface area contributed by atoms with Gasteiger partial charge in [-0.2, -0.15) is 0 Å². The molecular weight excluding hydrogens is 274 g/mol. The molecular formula is C16H20ClNS. The van der Waals surface area contributed by atoms with Gasteiger partial charge in [0.15, 0.2) is 0 Å². The van der Waals surface area contributed by atoms with Crippen molar-refractivity contribution in [3.63, 3.8) is 0 Å². The largest absolute Gasteiger partial charge is 0.306 e. The molecule has 0 aliphatic heterocycles. The van der Waals surface area contributed by atoms with Crippen molar-refractivity contribution in [2.45, 2.75) is 33.2 Å². The van der Waals surface area contributed by atoms with Crippen LogP contribution in [0.3, 0.4) is 0 Å². The zero-order chi connectivity index (χ0) is 13.8. The van der Waals surface area contributed by atoms with Gasteiger partial charge in [-0.05, 0) is 67.1 Å². The maximum absolute atomic E-state index is 6.21. The van der Waals surface area contributed by atoms with E-state index in [0.29, 0.717) is 0 Å². The molecule has 0 aliphatic carbocycles. The Morgan fingerprint density at radius 1 is 1.26 bits per heavy atom. The lowest BCUT2D eigenvalue weighted by atomic mass is 10.0. The van der Waals surface area contributed by atoms with E-state index >= 15 is 0 Å². The van der Waals surface area contributed by atoms with Crippen LogP contribution in [-0.2, 0) is 0 Å². The molecule has 1 N–H and O–H groups in total. The second-order valence-electron chi connectivity index (χ2n) is 4.92. The van der Waals surface area contributed by atoms with Crippen LogP contribution in [0.2, 0.25) is 5.02 Å². The highest BCUT2D eigenvalue weighted by Crippen LogP contribution is 2.31. The van der Waals surface area contributed by atoms with Crippen molar-refractivity contribution in [3.05, 3.63) is 56.2 Å². The fourth-order valence-electron chi connectivity index (χ4n) is 2.26. The van der Waals surface area contributed by atoms with Gasteiger partial charge in [-0.1, -0.05) is 24.6 Å². The molecule has 1 heterocycles. The van der Waals surface area contributed by atoms with Crippen LogP contribution in [0.1, 0.15) is 41.0 Å². The van der Waals surface area contributed by atoms with Crippen LogP contribution in [0.15, 0.2) is 29.6 Å². The van der Waals surface area contributed by atoms with Gasteiger partial charge in [-0.15, -0.1) is 11.3 Å². The summed E-state index contributed by atoms with van der Waals surface area (Å²) in [5, 5.41) is 6.60. The molecule has 2 rings (SSSR count). The lowest BCUT2D eigenvalue weighted by Gasteiger charge is -2.20. The summed E-state index contributed by atoms with van der Waals surface area (Å²) in [6.45, 7) is 7.46. The van der Waals surface area contributed by atoms with E-state index in [0.717, 1.165) is 18.0 Å². The maximum atomic E-state index is 6.21. The molecule has 19 heavy (non-hydrogen) atoms. The fourth-order valence-corrected chi connectivity index (χ4v) is 3.59. The van der Waals surface area contributed by atoms with Gasteiger partial charge >= 0.3 is 0 Å². The van der Waals surface area contributed by atoms with Crippen LogP contribution in [0, 0.1) is 13.8 Å². The van der Waals surface area contributed by atoms with E-state index in [1.807, 2.05) is 17.4 Å². The Balaban J connectivity index is 2.39. The van der Waals surface area contributed by atoms with Gasteiger partial charge in [0, 0.05) is 9.90 Å². The van der Waals surface area contributed by atoms with Gasteiger partial charge in [0.05, 0.1) is 6.04 Å². The molecule has 2 aromatic rings. The summed E-state index contributed by atoms with van der Waals surface area (Å²) in [4.78, 5) is 1.38. The molecule has 1 aromatic carbocycles. The first-order chi connectivity index (χ1) is 9.11. The zero-order valence-corrected chi connectivity index (χ0v) is 13.2. The number of hydrogen-bond acceptors (Lipinski definition) is 2. The summed E-state index contributed by atoms with van der Waals surface area (Å²) >= 11 is 8.01. The minimum atomic E-state index is 0.248. The van der Waals surface area contributed by atoms with Crippen molar-refractivity contribution >= 4 is 22.9 Å². The summed E-state index contributed by atoms with van der Waals surface area (Å²) in [6.07, 6.45) is 1.13. The van der Waals surface area contributed by atoms with Crippen LogP contribution in [0.4, 0.5) is 0 Å². The standard InChI is InChI=1S/C16H20ClNS/c1-4-6-18-15(16-12(3)5-7-19-16)13-8-11(2)9-14(17)10-13/h5,7-10,15,18H,4,6H2,1-3H3. The average Bonchev–Trinajstić information content (AvgIpc) is 2.75. The molecule has 0 fully saturated rings. The van der Waals surface area contributed by atoms with Gasteiger partial charge in [0.2, 0.25) is 0 Å². The SMILES string of the molecule is CCCNC(c1cc(C)cc(Cl)c1)c1sccc1C. The number of halogens is 1. The van der Waals surface area contributed by atoms with E-state index < -0.39 is 0 Å². The summed E-state index contributed by atoms with van der Waals surface area (Å²) in [5.74, 6) is 0. The molecule has 0 saturated carbocycles. The molecule has 0 bridgehead atoms. The normalized spacial score (nSPS) is 12.6. The third-order valence-electron chi connectivity index (χ3n) is 3.16. The van der Waals surface area contributed by atoms with Gasteiger partial charge in [-0.3, -0.25) is 0 Å². The van der Waals surface area contributed by atoms with Crippen molar-refractivity contribution in [1.29, 1.82) is 0 Å². The van der Waals surface area contributed by atoms with E-state index in [2.05, 4.69) is 49.7 Å². The Bertz CT molecular complexity index is 527. The first kappa shape index (κ1) is 14.6. The van der Waals surface area contributed by atoms with Crippen LogP contribution in [0.25, 0.3) is 0 Å². The first-order valence-corrected chi connectivity index (χ1v) is 7.92. The zero-order valence-electron chi connectivity index (χ0n) is 11.7.